The third-order valence-corrected chi connectivity index (χ3v) is 20.9. The molecule has 0 bridgehead atoms. The smallest absolute Gasteiger partial charge is 0.462 e. The largest absolute Gasteiger partial charge is 0.472 e. The van der Waals surface area contributed by atoms with Gasteiger partial charge in [-0.2, -0.15) is 0 Å². The fraction of sp³-hybridized carbons (Fsp3) is 0.951. The Balaban J connectivity index is 5.21. The Morgan fingerprint density at radius 1 is 0.270 bits per heavy atom. The summed E-state index contributed by atoms with van der Waals surface area (Å²) in [4.78, 5) is 73.0. The van der Waals surface area contributed by atoms with Crippen LogP contribution in [0.15, 0.2) is 0 Å². The van der Waals surface area contributed by atoms with Gasteiger partial charge in [-0.1, -0.05) is 375 Å². The summed E-state index contributed by atoms with van der Waals surface area (Å²) in [6.45, 7) is 9.69. The Morgan fingerprint density at radius 3 is 0.680 bits per heavy atom. The predicted molar refractivity (Wildman–Crippen MR) is 409 cm³/mol. The second-order valence-corrected chi connectivity index (χ2v) is 33.0. The van der Waals surface area contributed by atoms with Crippen molar-refractivity contribution in [2.24, 2.45) is 11.8 Å². The number of aliphatic hydroxyl groups excluding tert-OH is 1. The lowest BCUT2D eigenvalue weighted by molar-refractivity contribution is -0.161. The zero-order valence-corrected chi connectivity index (χ0v) is 67.3. The van der Waals surface area contributed by atoms with Gasteiger partial charge in [0, 0.05) is 25.7 Å². The van der Waals surface area contributed by atoms with Crippen molar-refractivity contribution in [3.63, 3.8) is 0 Å². The summed E-state index contributed by atoms with van der Waals surface area (Å²) in [6.07, 6.45) is 62.4. The molecule has 0 aromatic carbocycles. The molecular weight excluding hydrogens is 1310 g/mol. The molecule has 0 radical (unpaired) electrons. The highest BCUT2D eigenvalue weighted by molar-refractivity contribution is 7.47. The van der Waals surface area contributed by atoms with Gasteiger partial charge >= 0.3 is 39.5 Å². The lowest BCUT2D eigenvalue weighted by atomic mass is 10.0. The van der Waals surface area contributed by atoms with Crippen LogP contribution in [0.3, 0.4) is 0 Å². The van der Waals surface area contributed by atoms with E-state index >= 15 is 0 Å². The third kappa shape index (κ3) is 74.3. The van der Waals surface area contributed by atoms with Crippen LogP contribution in [0.2, 0.25) is 0 Å². The molecule has 19 heteroatoms. The zero-order valence-electron chi connectivity index (χ0n) is 65.5. The zero-order chi connectivity index (χ0) is 73.5. The van der Waals surface area contributed by atoms with Crippen molar-refractivity contribution in [1.29, 1.82) is 0 Å². The van der Waals surface area contributed by atoms with Crippen LogP contribution in [0, 0.1) is 11.8 Å². The van der Waals surface area contributed by atoms with Gasteiger partial charge in [0.25, 0.3) is 0 Å². The molecule has 0 aromatic rings. The molecule has 0 fully saturated rings. The van der Waals surface area contributed by atoms with Gasteiger partial charge in [-0.15, -0.1) is 0 Å². The minimum Gasteiger partial charge on any atom is -0.462 e. The van der Waals surface area contributed by atoms with Gasteiger partial charge in [0.15, 0.2) is 12.2 Å². The molecule has 2 unspecified atom stereocenters. The fourth-order valence-electron chi connectivity index (χ4n) is 12.5. The topological polar surface area (TPSA) is 237 Å². The molecule has 0 heterocycles. The first kappa shape index (κ1) is 98.1. The number of hydrogen-bond acceptors (Lipinski definition) is 15. The monoisotopic (exact) mass is 1470 g/mol. The molecule has 594 valence electrons. The Bertz CT molecular complexity index is 1920. The number of unbranched alkanes of at least 4 members (excludes halogenated alkanes) is 50. The number of carbonyl (C=O) groups excluding carboxylic acids is 4. The summed E-state index contributed by atoms with van der Waals surface area (Å²) in [5.41, 5.74) is 0. The van der Waals surface area contributed by atoms with Gasteiger partial charge in [-0.3, -0.25) is 37.3 Å². The molecule has 0 aliphatic heterocycles. The van der Waals surface area contributed by atoms with Gasteiger partial charge in [-0.05, 0) is 37.5 Å². The molecule has 0 spiro atoms. The Hall–Kier alpha value is -1.94. The molecule has 100 heavy (non-hydrogen) atoms. The van der Waals surface area contributed by atoms with E-state index in [1.54, 1.807) is 0 Å². The summed E-state index contributed by atoms with van der Waals surface area (Å²) in [5, 5.41) is 10.6. The van der Waals surface area contributed by atoms with Crippen molar-refractivity contribution < 1.29 is 80.2 Å². The molecule has 0 rings (SSSR count). The van der Waals surface area contributed by atoms with E-state index in [-0.39, 0.29) is 25.7 Å². The number of aliphatic hydroxyl groups is 1. The highest BCUT2D eigenvalue weighted by Crippen LogP contribution is 2.45. The molecule has 0 aliphatic rings. The number of phosphoric ester groups is 2. The number of hydrogen-bond donors (Lipinski definition) is 3. The number of esters is 4. The van der Waals surface area contributed by atoms with Crippen LogP contribution in [0.1, 0.15) is 427 Å². The summed E-state index contributed by atoms with van der Waals surface area (Å²) >= 11 is 0. The van der Waals surface area contributed by atoms with Crippen molar-refractivity contribution in [1.82, 2.24) is 0 Å². The van der Waals surface area contributed by atoms with Gasteiger partial charge in [0.2, 0.25) is 0 Å². The van der Waals surface area contributed by atoms with E-state index in [0.29, 0.717) is 25.7 Å². The van der Waals surface area contributed by atoms with Crippen molar-refractivity contribution in [2.75, 3.05) is 39.6 Å². The van der Waals surface area contributed by atoms with Gasteiger partial charge in [-0.25, -0.2) is 9.13 Å². The van der Waals surface area contributed by atoms with Crippen LogP contribution >= 0.6 is 15.6 Å². The van der Waals surface area contributed by atoms with Gasteiger partial charge in [0.1, 0.15) is 19.3 Å². The van der Waals surface area contributed by atoms with Gasteiger partial charge < -0.3 is 33.8 Å². The highest BCUT2D eigenvalue weighted by Gasteiger charge is 2.30. The van der Waals surface area contributed by atoms with E-state index in [4.69, 9.17) is 37.0 Å². The average Bonchev–Trinajstić information content (AvgIpc) is 0.939. The van der Waals surface area contributed by atoms with E-state index in [1.807, 2.05) is 0 Å². The fourth-order valence-corrected chi connectivity index (χ4v) is 14.1. The lowest BCUT2D eigenvalue weighted by Gasteiger charge is -2.21. The third-order valence-electron chi connectivity index (χ3n) is 19.0. The maximum atomic E-state index is 13.1. The van der Waals surface area contributed by atoms with E-state index < -0.39 is 97.5 Å². The molecule has 3 N–H and O–H groups in total. The Kier molecular flexibility index (Phi) is 71.2. The van der Waals surface area contributed by atoms with E-state index in [1.165, 1.54) is 244 Å². The Labute approximate surface area is 613 Å². The standard InChI is InChI=1S/C81H158O17P2/c1-7-9-11-13-15-17-19-34-41-47-53-59-65-80(85)97-76(69-91-78(83)63-57-51-45-39-18-16-14-12-10-8-2)71-95-99(87,88)93-67-75(82)68-94-100(89,90)96-72-77(70-92-79(84)64-58-52-46-40-35-30-27-26-29-33-38-44-50-56-62-74(5)6)98-81(86)66-60-54-48-42-36-31-25-23-21-20-22-24-28-32-37-43-49-55-61-73(3)4/h73-77,82H,7-72H2,1-6H3,(H,87,88)(H,89,90)/t75-,76+,77+/m0/s1. The quantitative estimate of drug-likeness (QED) is 0.0222. The molecule has 0 aromatic heterocycles. The van der Waals surface area contributed by atoms with E-state index in [0.717, 1.165) is 102 Å². The maximum absolute atomic E-state index is 13.1. The van der Waals surface area contributed by atoms with Crippen LogP contribution in [0.4, 0.5) is 0 Å². The number of carbonyl (C=O) groups is 4. The van der Waals surface area contributed by atoms with E-state index in [2.05, 4.69) is 41.5 Å². The van der Waals surface area contributed by atoms with Crippen LogP contribution in [-0.4, -0.2) is 96.7 Å². The van der Waals surface area contributed by atoms with Crippen LogP contribution in [0.25, 0.3) is 0 Å². The second kappa shape index (κ2) is 72.6. The van der Waals surface area contributed by atoms with Crippen molar-refractivity contribution >= 4 is 39.5 Å². The SMILES string of the molecule is CCCCCCCCCCCCCCC(=O)O[C@H](COC(=O)CCCCCCCCCCCC)COP(=O)(O)OC[C@H](O)COP(=O)(O)OC[C@@H](COC(=O)CCCCCCCCCCCCCCCCC(C)C)OC(=O)CCCCCCCCCCCCCCCCCCCCC(C)C. The first-order valence-corrected chi connectivity index (χ1v) is 45.0. The first-order chi connectivity index (χ1) is 48.4. The van der Waals surface area contributed by atoms with Crippen molar-refractivity contribution in [2.45, 2.75) is 445 Å². The number of phosphoric acid groups is 2. The molecule has 0 saturated carbocycles. The van der Waals surface area contributed by atoms with E-state index in [9.17, 15) is 43.2 Å². The highest BCUT2D eigenvalue weighted by atomic mass is 31.2. The maximum Gasteiger partial charge on any atom is 0.472 e. The second-order valence-electron chi connectivity index (χ2n) is 30.1. The average molecular weight is 1470 g/mol. The van der Waals surface area contributed by atoms with Crippen molar-refractivity contribution in [3.8, 4) is 0 Å². The minimum absolute atomic E-state index is 0.108. The molecule has 0 aliphatic carbocycles. The van der Waals surface area contributed by atoms with Crippen LogP contribution < -0.4 is 0 Å². The molecule has 17 nitrogen and oxygen atoms in total. The lowest BCUT2D eigenvalue weighted by Crippen LogP contribution is -2.30. The summed E-state index contributed by atoms with van der Waals surface area (Å²) in [7, 11) is -9.92. The minimum atomic E-state index is -4.96. The molecule has 0 saturated heterocycles. The molecule has 5 atom stereocenters. The van der Waals surface area contributed by atoms with Crippen LogP contribution in [-0.2, 0) is 65.4 Å². The van der Waals surface area contributed by atoms with Crippen molar-refractivity contribution in [3.05, 3.63) is 0 Å². The predicted octanol–water partition coefficient (Wildman–Crippen LogP) is 24.3. The summed E-state index contributed by atoms with van der Waals surface area (Å²) in [5.74, 6) is -0.488. The van der Waals surface area contributed by atoms with Gasteiger partial charge in [0.05, 0.1) is 26.4 Å². The summed E-state index contributed by atoms with van der Waals surface area (Å²) < 4.78 is 68.7. The van der Waals surface area contributed by atoms with Crippen LogP contribution in [0.5, 0.6) is 0 Å². The number of rotatable bonds is 80. The normalized spacial score (nSPS) is 13.9. The number of ether oxygens (including phenoxy) is 4. The Morgan fingerprint density at radius 2 is 0.460 bits per heavy atom. The first-order valence-electron chi connectivity index (χ1n) is 42.0. The molecular formula is C81H158O17P2. The summed E-state index contributed by atoms with van der Waals surface area (Å²) in [6, 6.07) is 0. The molecule has 0 amide bonds.